The molecule has 3 aromatic rings. The molecule has 9 heteroatoms. The fourth-order valence-electron chi connectivity index (χ4n) is 4.75. The number of hydrogen-bond acceptors (Lipinski definition) is 7. The number of anilines is 1. The number of benzene rings is 2. The van der Waals surface area contributed by atoms with Crippen LogP contribution in [0.25, 0.3) is 11.5 Å². The van der Waals surface area contributed by atoms with Gasteiger partial charge in [0, 0.05) is 24.1 Å². The number of nitrogens with one attached hydrogen (secondary N) is 2. The molecule has 2 aromatic carbocycles. The standard InChI is InChI=1S/C25H23N5O4/c1-14-2-4-15(5-3-14)22-28-29-24(34-22)27-25(10-11-25)17-7-6-16-13-30(23(33)18(16)12-17)19-8-9-20(31)26-21(19)32/h2-7,12,19H,8-11,13H2,1H3,(H,27,29)(H,26,31,32). The molecule has 172 valence electrons. The molecule has 2 N–H and O–H groups in total. The molecule has 1 saturated heterocycles. The maximum absolute atomic E-state index is 13.2. The predicted octanol–water partition coefficient (Wildman–Crippen LogP) is 2.91. The Hall–Kier alpha value is -4.01. The van der Waals surface area contributed by atoms with Gasteiger partial charge < -0.3 is 14.6 Å². The number of amides is 3. The van der Waals surface area contributed by atoms with Crippen LogP contribution in [0.15, 0.2) is 46.9 Å². The minimum absolute atomic E-state index is 0.179. The molecule has 0 radical (unpaired) electrons. The van der Waals surface area contributed by atoms with Crippen molar-refractivity contribution in [2.24, 2.45) is 0 Å². The molecule has 3 heterocycles. The molecule has 2 fully saturated rings. The molecule has 9 nitrogen and oxygen atoms in total. The van der Waals surface area contributed by atoms with Crippen molar-refractivity contribution in [1.82, 2.24) is 20.4 Å². The lowest BCUT2D eigenvalue weighted by Crippen LogP contribution is -2.52. The van der Waals surface area contributed by atoms with Gasteiger partial charge in [-0.05, 0) is 55.5 Å². The van der Waals surface area contributed by atoms with Crippen LogP contribution in [0.4, 0.5) is 6.01 Å². The van der Waals surface area contributed by atoms with E-state index in [4.69, 9.17) is 4.42 Å². The first-order chi connectivity index (χ1) is 16.4. The average Bonchev–Trinajstić information content (AvgIpc) is 3.33. The fraction of sp³-hybridized carbons (Fsp3) is 0.320. The van der Waals surface area contributed by atoms with Crippen LogP contribution in [0.1, 0.15) is 52.7 Å². The van der Waals surface area contributed by atoms with E-state index in [2.05, 4.69) is 20.8 Å². The molecule has 3 aliphatic rings. The van der Waals surface area contributed by atoms with Gasteiger partial charge in [-0.2, -0.15) is 0 Å². The molecule has 0 bridgehead atoms. The van der Waals surface area contributed by atoms with Gasteiger partial charge in [0.25, 0.3) is 5.91 Å². The number of fused-ring (bicyclic) bond motifs is 1. The van der Waals surface area contributed by atoms with E-state index in [1.54, 1.807) is 4.90 Å². The van der Waals surface area contributed by atoms with Gasteiger partial charge in [0.1, 0.15) is 6.04 Å². The van der Waals surface area contributed by atoms with Gasteiger partial charge in [-0.15, -0.1) is 5.10 Å². The zero-order valence-corrected chi connectivity index (χ0v) is 18.6. The van der Waals surface area contributed by atoms with Crippen LogP contribution in [-0.2, 0) is 21.7 Å². The summed E-state index contributed by atoms with van der Waals surface area (Å²) in [6.07, 6.45) is 2.34. The molecule has 34 heavy (non-hydrogen) atoms. The van der Waals surface area contributed by atoms with Crippen LogP contribution in [0, 0.1) is 6.92 Å². The molecule has 2 aliphatic heterocycles. The highest BCUT2D eigenvalue weighted by Crippen LogP contribution is 2.49. The first-order valence-electron chi connectivity index (χ1n) is 11.4. The van der Waals surface area contributed by atoms with Gasteiger partial charge in [-0.3, -0.25) is 19.7 Å². The smallest absolute Gasteiger partial charge is 0.316 e. The van der Waals surface area contributed by atoms with Crippen molar-refractivity contribution >= 4 is 23.7 Å². The van der Waals surface area contributed by atoms with Gasteiger partial charge in [0.05, 0.1) is 5.54 Å². The summed E-state index contributed by atoms with van der Waals surface area (Å²) in [4.78, 5) is 38.5. The van der Waals surface area contributed by atoms with Crippen LogP contribution in [0.5, 0.6) is 0 Å². The first-order valence-corrected chi connectivity index (χ1v) is 11.4. The number of carbonyl (C=O) groups is 3. The minimum Gasteiger partial charge on any atom is -0.403 e. The van der Waals surface area contributed by atoms with E-state index in [-0.39, 0.29) is 23.8 Å². The Balaban J connectivity index is 1.21. The second-order valence-corrected chi connectivity index (χ2v) is 9.26. The highest BCUT2D eigenvalue weighted by Gasteiger charge is 2.47. The van der Waals surface area contributed by atoms with Crippen molar-refractivity contribution in [2.75, 3.05) is 5.32 Å². The summed E-state index contributed by atoms with van der Waals surface area (Å²) in [6.45, 7) is 2.39. The van der Waals surface area contributed by atoms with E-state index in [0.29, 0.717) is 30.4 Å². The second-order valence-electron chi connectivity index (χ2n) is 9.26. The van der Waals surface area contributed by atoms with Gasteiger partial charge >= 0.3 is 6.01 Å². The summed E-state index contributed by atoms with van der Waals surface area (Å²) < 4.78 is 5.86. The molecule has 1 unspecified atom stereocenters. The van der Waals surface area contributed by atoms with E-state index < -0.39 is 11.9 Å². The van der Waals surface area contributed by atoms with E-state index in [0.717, 1.165) is 35.1 Å². The van der Waals surface area contributed by atoms with E-state index in [1.165, 1.54) is 0 Å². The molecule has 6 rings (SSSR count). The third-order valence-corrected chi connectivity index (χ3v) is 6.90. The summed E-state index contributed by atoms with van der Waals surface area (Å²) in [6, 6.07) is 13.5. The molecule has 1 atom stereocenters. The van der Waals surface area contributed by atoms with E-state index in [9.17, 15) is 14.4 Å². The third kappa shape index (κ3) is 3.44. The number of rotatable bonds is 5. The molecular weight excluding hydrogens is 434 g/mol. The third-order valence-electron chi connectivity index (χ3n) is 6.90. The van der Waals surface area contributed by atoms with Gasteiger partial charge in [-0.25, -0.2) is 0 Å². The number of hydrogen-bond donors (Lipinski definition) is 2. The van der Waals surface area contributed by atoms with Gasteiger partial charge in [-0.1, -0.05) is 34.9 Å². The van der Waals surface area contributed by atoms with Crippen LogP contribution in [0.3, 0.4) is 0 Å². The number of aryl methyl sites for hydroxylation is 1. The number of nitrogens with zero attached hydrogens (tertiary/aromatic N) is 3. The van der Waals surface area contributed by atoms with Crippen LogP contribution in [-0.4, -0.2) is 38.9 Å². The van der Waals surface area contributed by atoms with Crippen molar-refractivity contribution in [1.29, 1.82) is 0 Å². The van der Waals surface area contributed by atoms with Crippen LogP contribution < -0.4 is 10.6 Å². The average molecular weight is 457 g/mol. The van der Waals surface area contributed by atoms with E-state index in [1.807, 2.05) is 49.4 Å². The maximum atomic E-state index is 13.2. The number of imide groups is 1. The summed E-state index contributed by atoms with van der Waals surface area (Å²) in [5.74, 6) is -0.427. The summed E-state index contributed by atoms with van der Waals surface area (Å²) in [5.41, 5.74) is 4.09. The van der Waals surface area contributed by atoms with Crippen molar-refractivity contribution < 1.29 is 18.8 Å². The Morgan fingerprint density at radius 3 is 2.62 bits per heavy atom. The van der Waals surface area contributed by atoms with Gasteiger partial charge in [0.15, 0.2) is 0 Å². The summed E-state index contributed by atoms with van der Waals surface area (Å²) >= 11 is 0. The van der Waals surface area contributed by atoms with Gasteiger partial charge in [0.2, 0.25) is 17.7 Å². The normalized spacial score (nSPS) is 20.8. The SMILES string of the molecule is Cc1ccc(-c2nnc(NC3(c4ccc5c(c4)C(=O)N(C4CCC(=O)NC4=O)C5)CC3)o2)cc1. The number of carbonyl (C=O) groups excluding carboxylic acids is 3. The van der Waals surface area contributed by atoms with Crippen molar-refractivity contribution in [3.05, 3.63) is 64.7 Å². The monoisotopic (exact) mass is 457 g/mol. The van der Waals surface area contributed by atoms with Crippen molar-refractivity contribution in [3.8, 4) is 11.5 Å². The lowest BCUT2D eigenvalue weighted by atomic mass is 9.99. The van der Waals surface area contributed by atoms with Crippen molar-refractivity contribution in [3.63, 3.8) is 0 Å². The lowest BCUT2D eigenvalue weighted by Gasteiger charge is -2.29. The second kappa shape index (κ2) is 7.51. The quantitative estimate of drug-likeness (QED) is 0.566. The van der Waals surface area contributed by atoms with Crippen LogP contribution in [0.2, 0.25) is 0 Å². The van der Waals surface area contributed by atoms with E-state index >= 15 is 0 Å². The zero-order chi connectivity index (χ0) is 23.4. The molecule has 1 saturated carbocycles. The molecule has 1 aromatic heterocycles. The van der Waals surface area contributed by atoms with Crippen LogP contribution >= 0.6 is 0 Å². The molecular formula is C25H23N5O4. The molecule has 3 amide bonds. The number of aromatic nitrogens is 2. The largest absolute Gasteiger partial charge is 0.403 e. The lowest BCUT2D eigenvalue weighted by molar-refractivity contribution is -0.136. The highest BCUT2D eigenvalue weighted by atomic mass is 16.4. The first kappa shape index (κ1) is 20.6. The summed E-state index contributed by atoms with van der Waals surface area (Å²) in [5, 5.41) is 14.0. The Labute approximate surface area is 195 Å². The Morgan fingerprint density at radius 1 is 1.09 bits per heavy atom. The molecule has 0 spiro atoms. The highest BCUT2D eigenvalue weighted by molar-refractivity contribution is 6.05. The molecule has 1 aliphatic carbocycles. The minimum atomic E-state index is -0.618. The topological polar surface area (TPSA) is 117 Å². The number of piperidine rings is 1. The fourth-order valence-corrected chi connectivity index (χ4v) is 4.75. The Morgan fingerprint density at radius 2 is 1.88 bits per heavy atom. The van der Waals surface area contributed by atoms with Crippen molar-refractivity contribution in [2.45, 2.75) is 50.7 Å². The zero-order valence-electron chi connectivity index (χ0n) is 18.6. The predicted molar refractivity (Wildman–Crippen MR) is 121 cm³/mol. The summed E-state index contributed by atoms with van der Waals surface area (Å²) in [7, 11) is 0. The Bertz CT molecular complexity index is 1330. The Kier molecular flexibility index (Phi) is 4.55. The maximum Gasteiger partial charge on any atom is 0.316 e.